The van der Waals surface area contributed by atoms with Gasteiger partial charge in [0.15, 0.2) is 0 Å². The summed E-state index contributed by atoms with van der Waals surface area (Å²) in [7, 11) is 0.0834. The van der Waals surface area contributed by atoms with Gasteiger partial charge >= 0.3 is 0 Å². The van der Waals surface area contributed by atoms with Crippen LogP contribution in [-0.2, 0) is 14.9 Å². The molecular weight excluding hydrogens is 192 g/mol. The molecule has 0 amide bonds. The maximum Gasteiger partial charge on any atom is 0.281 e. The fourth-order valence-electron chi connectivity index (χ4n) is 1.29. The van der Waals surface area contributed by atoms with Crippen molar-refractivity contribution in [1.82, 2.24) is 8.61 Å². The summed E-state index contributed by atoms with van der Waals surface area (Å²) in [6, 6.07) is 0. The molecule has 6 heteroatoms. The fourth-order valence-corrected chi connectivity index (χ4v) is 2.67. The van der Waals surface area contributed by atoms with Gasteiger partial charge in [0.2, 0.25) is 0 Å². The number of rotatable bonds is 4. The highest BCUT2D eigenvalue weighted by Crippen LogP contribution is 2.13. The molecule has 1 rings (SSSR count). The zero-order valence-corrected chi connectivity index (χ0v) is 8.88. The molecule has 78 valence electrons. The minimum absolute atomic E-state index is 0.556. The smallest absolute Gasteiger partial charge is 0.281 e. The van der Waals surface area contributed by atoms with Gasteiger partial charge in [-0.1, -0.05) is 0 Å². The van der Waals surface area contributed by atoms with E-state index in [2.05, 4.69) is 0 Å². The normalized spacial score (nSPS) is 23.8. The first-order chi connectivity index (χ1) is 6.09. The van der Waals surface area contributed by atoms with Gasteiger partial charge in [-0.25, -0.2) is 0 Å². The van der Waals surface area contributed by atoms with Gasteiger partial charge in [0.05, 0.1) is 0 Å². The lowest BCUT2D eigenvalue weighted by atomic mass is 10.4. The van der Waals surface area contributed by atoms with E-state index in [1.54, 1.807) is 14.2 Å². The van der Waals surface area contributed by atoms with Crippen LogP contribution in [0.5, 0.6) is 0 Å². The Labute approximate surface area is 79.5 Å². The first-order valence-electron chi connectivity index (χ1n) is 4.29. The van der Waals surface area contributed by atoms with Gasteiger partial charge in [-0.15, -0.1) is 0 Å². The molecule has 1 fully saturated rings. The third-order valence-corrected chi connectivity index (χ3v) is 4.13. The summed E-state index contributed by atoms with van der Waals surface area (Å²) >= 11 is 0. The molecule has 0 spiro atoms. The zero-order valence-electron chi connectivity index (χ0n) is 8.06. The second kappa shape index (κ2) is 4.36. The standard InChI is InChI=1S/C7H16N2O3S/c1-8-5-6-9(13(8,10)11)4-3-7-12-2/h3-7H2,1-2H3. The van der Waals surface area contributed by atoms with E-state index in [9.17, 15) is 8.42 Å². The van der Waals surface area contributed by atoms with Crippen LogP contribution in [0.3, 0.4) is 0 Å². The van der Waals surface area contributed by atoms with E-state index in [1.165, 1.54) is 8.61 Å². The Morgan fingerprint density at radius 2 is 2.08 bits per heavy atom. The van der Waals surface area contributed by atoms with Crippen molar-refractivity contribution in [3.05, 3.63) is 0 Å². The summed E-state index contributed by atoms with van der Waals surface area (Å²) in [6.45, 7) is 2.36. The van der Waals surface area contributed by atoms with Crippen molar-refractivity contribution in [3.8, 4) is 0 Å². The van der Waals surface area contributed by atoms with Crippen molar-refractivity contribution in [2.45, 2.75) is 6.42 Å². The summed E-state index contributed by atoms with van der Waals surface area (Å²) < 4.78 is 30.7. The number of methoxy groups -OCH3 is 1. The number of likely N-dealkylation sites (N-methyl/N-ethyl adjacent to an activating group) is 1. The molecule has 0 saturated carbocycles. The largest absolute Gasteiger partial charge is 0.385 e. The molecule has 1 aliphatic heterocycles. The average Bonchev–Trinajstić information content (AvgIpc) is 2.32. The zero-order chi connectivity index (χ0) is 9.90. The quantitative estimate of drug-likeness (QED) is 0.586. The third-order valence-electron chi connectivity index (χ3n) is 2.14. The van der Waals surface area contributed by atoms with Crippen molar-refractivity contribution in [2.75, 3.05) is 40.4 Å². The van der Waals surface area contributed by atoms with E-state index in [0.29, 0.717) is 26.2 Å². The minimum atomic E-state index is -3.14. The first-order valence-corrected chi connectivity index (χ1v) is 5.69. The van der Waals surface area contributed by atoms with Crippen LogP contribution in [0.15, 0.2) is 0 Å². The van der Waals surface area contributed by atoms with Crippen molar-refractivity contribution in [2.24, 2.45) is 0 Å². The lowest BCUT2D eigenvalue weighted by Gasteiger charge is -2.14. The maximum absolute atomic E-state index is 11.5. The molecule has 1 saturated heterocycles. The molecular formula is C7H16N2O3S. The van der Waals surface area contributed by atoms with Crippen LogP contribution in [0.1, 0.15) is 6.42 Å². The SMILES string of the molecule is COCCCN1CCN(C)S1(=O)=O. The van der Waals surface area contributed by atoms with Gasteiger partial charge < -0.3 is 4.74 Å². The molecule has 0 atom stereocenters. The van der Waals surface area contributed by atoms with E-state index >= 15 is 0 Å². The van der Waals surface area contributed by atoms with Crippen LogP contribution in [0.25, 0.3) is 0 Å². The van der Waals surface area contributed by atoms with Gasteiger partial charge in [0, 0.05) is 40.4 Å². The number of hydrogen-bond donors (Lipinski definition) is 0. The van der Waals surface area contributed by atoms with E-state index in [0.717, 1.165) is 6.42 Å². The molecule has 0 aliphatic carbocycles. The summed E-state index contributed by atoms with van der Waals surface area (Å²) in [5, 5.41) is 0. The van der Waals surface area contributed by atoms with Crippen LogP contribution < -0.4 is 0 Å². The van der Waals surface area contributed by atoms with Gasteiger partial charge in [0.1, 0.15) is 0 Å². The number of hydrogen-bond acceptors (Lipinski definition) is 3. The first kappa shape index (κ1) is 10.9. The molecule has 1 aliphatic rings. The molecule has 0 unspecified atom stereocenters. The molecule has 0 radical (unpaired) electrons. The van der Waals surface area contributed by atoms with Crippen molar-refractivity contribution in [3.63, 3.8) is 0 Å². The molecule has 0 N–H and O–H groups in total. The van der Waals surface area contributed by atoms with Gasteiger partial charge in [-0.3, -0.25) is 0 Å². The van der Waals surface area contributed by atoms with Crippen LogP contribution in [0, 0.1) is 0 Å². The van der Waals surface area contributed by atoms with Crippen LogP contribution in [0.2, 0.25) is 0 Å². The van der Waals surface area contributed by atoms with Gasteiger partial charge in [0.25, 0.3) is 10.2 Å². The molecule has 0 bridgehead atoms. The molecule has 0 aromatic carbocycles. The molecule has 1 heterocycles. The second-order valence-corrected chi connectivity index (χ2v) is 5.11. The summed E-state index contributed by atoms with van der Waals surface area (Å²) in [5.74, 6) is 0. The van der Waals surface area contributed by atoms with Crippen LogP contribution >= 0.6 is 0 Å². The second-order valence-electron chi connectivity index (χ2n) is 3.07. The van der Waals surface area contributed by atoms with E-state index in [-0.39, 0.29) is 0 Å². The Morgan fingerprint density at radius 1 is 1.38 bits per heavy atom. The Morgan fingerprint density at radius 3 is 2.54 bits per heavy atom. The Bertz CT molecular complexity index is 252. The predicted molar refractivity (Wildman–Crippen MR) is 49.6 cm³/mol. The van der Waals surface area contributed by atoms with E-state index in [1.807, 2.05) is 0 Å². The van der Waals surface area contributed by atoms with Crippen LogP contribution in [-0.4, -0.2) is 57.4 Å². The summed E-state index contributed by atoms with van der Waals surface area (Å²) in [6.07, 6.45) is 0.754. The van der Waals surface area contributed by atoms with Crippen molar-refractivity contribution < 1.29 is 13.2 Å². The monoisotopic (exact) mass is 208 g/mol. The van der Waals surface area contributed by atoms with E-state index < -0.39 is 10.2 Å². The molecule has 0 aromatic rings. The Balaban J connectivity index is 2.44. The molecule has 0 aromatic heterocycles. The van der Waals surface area contributed by atoms with Crippen molar-refractivity contribution in [1.29, 1.82) is 0 Å². The lowest BCUT2D eigenvalue weighted by Crippen LogP contribution is -2.31. The predicted octanol–water partition coefficient (Wildman–Crippen LogP) is -0.485. The van der Waals surface area contributed by atoms with E-state index in [4.69, 9.17) is 4.74 Å². The van der Waals surface area contributed by atoms with Gasteiger partial charge in [-0.2, -0.15) is 17.0 Å². The minimum Gasteiger partial charge on any atom is -0.385 e. The topological polar surface area (TPSA) is 49.9 Å². The fraction of sp³-hybridized carbons (Fsp3) is 1.00. The highest BCUT2D eigenvalue weighted by atomic mass is 32.2. The highest BCUT2D eigenvalue weighted by Gasteiger charge is 2.32. The summed E-state index contributed by atoms with van der Waals surface area (Å²) in [4.78, 5) is 0. The third kappa shape index (κ3) is 2.40. The molecule has 13 heavy (non-hydrogen) atoms. The maximum atomic E-state index is 11.5. The van der Waals surface area contributed by atoms with Crippen molar-refractivity contribution >= 4 is 10.2 Å². The highest BCUT2D eigenvalue weighted by molar-refractivity contribution is 7.87. The van der Waals surface area contributed by atoms with Crippen LogP contribution in [0.4, 0.5) is 0 Å². The van der Waals surface area contributed by atoms with Gasteiger partial charge in [-0.05, 0) is 6.42 Å². The number of ether oxygens (including phenoxy) is 1. The number of nitrogens with zero attached hydrogens (tertiary/aromatic N) is 2. The Kier molecular flexibility index (Phi) is 3.66. The Hall–Kier alpha value is -0.170. The lowest BCUT2D eigenvalue weighted by molar-refractivity contribution is 0.188. The summed E-state index contributed by atoms with van der Waals surface area (Å²) in [5.41, 5.74) is 0. The molecule has 5 nitrogen and oxygen atoms in total. The average molecular weight is 208 g/mol.